The molecule has 1 aromatic rings. The van der Waals surface area contributed by atoms with Crippen LogP contribution in [0.15, 0.2) is 18.2 Å². The lowest BCUT2D eigenvalue weighted by Gasteiger charge is -2.32. The molecule has 2 rings (SSSR count). The van der Waals surface area contributed by atoms with E-state index in [-0.39, 0.29) is 11.7 Å². The molecule has 0 spiro atoms. The van der Waals surface area contributed by atoms with Crippen LogP contribution in [0, 0.1) is 9.39 Å². The standard InChI is InChI=1S/C13H16FIN2O/c1-16-10-3-2-6-17(8-10)13(18)9-4-5-12(15)11(14)7-9/h4-5,7,10,16H,2-3,6,8H2,1H3. The van der Waals surface area contributed by atoms with Crippen molar-refractivity contribution in [3.63, 3.8) is 0 Å². The Morgan fingerprint density at radius 3 is 3.00 bits per heavy atom. The fourth-order valence-electron chi connectivity index (χ4n) is 2.21. The number of halogens is 2. The minimum absolute atomic E-state index is 0.0785. The molecule has 1 aliphatic rings. The quantitative estimate of drug-likeness (QED) is 0.819. The minimum atomic E-state index is -0.330. The van der Waals surface area contributed by atoms with Gasteiger partial charge in [0.2, 0.25) is 0 Å². The first-order chi connectivity index (χ1) is 8.61. The highest BCUT2D eigenvalue weighted by Gasteiger charge is 2.23. The highest BCUT2D eigenvalue weighted by molar-refractivity contribution is 14.1. The van der Waals surface area contributed by atoms with Crippen LogP contribution in [0.5, 0.6) is 0 Å². The molecule has 1 N–H and O–H groups in total. The van der Waals surface area contributed by atoms with E-state index in [1.165, 1.54) is 6.07 Å². The Bertz CT molecular complexity index is 453. The van der Waals surface area contributed by atoms with Crippen molar-refractivity contribution in [2.24, 2.45) is 0 Å². The first kappa shape index (κ1) is 13.7. The number of rotatable bonds is 2. The van der Waals surface area contributed by atoms with Crippen molar-refractivity contribution in [2.45, 2.75) is 18.9 Å². The summed E-state index contributed by atoms with van der Waals surface area (Å²) in [6, 6.07) is 5.00. The Morgan fingerprint density at radius 1 is 1.56 bits per heavy atom. The van der Waals surface area contributed by atoms with E-state index in [0.717, 1.165) is 19.4 Å². The molecule has 5 heteroatoms. The summed E-state index contributed by atoms with van der Waals surface area (Å²) in [5.74, 6) is -0.408. The van der Waals surface area contributed by atoms with Gasteiger partial charge < -0.3 is 10.2 Å². The van der Waals surface area contributed by atoms with Gasteiger partial charge in [-0.05, 0) is 60.7 Å². The maximum absolute atomic E-state index is 13.5. The van der Waals surface area contributed by atoms with Crippen molar-refractivity contribution in [3.05, 3.63) is 33.1 Å². The number of carbonyl (C=O) groups excluding carboxylic acids is 1. The van der Waals surface area contributed by atoms with Gasteiger partial charge in [-0.15, -0.1) is 0 Å². The van der Waals surface area contributed by atoms with Gasteiger partial charge in [0.1, 0.15) is 5.82 Å². The number of carbonyl (C=O) groups is 1. The SMILES string of the molecule is CNC1CCCN(C(=O)c2ccc(I)c(F)c2)C1. The molecule has 0 aliphatic carbocycles. The number of amides is 1. The average molecular weight is 362 g/mol. The number of benzene rings is 1. The molecule has 1 unspecified atom stereocenters. The summed E-state index contributed by atoms with van der Waals surface area (Å²) in [5.41, 5.74) is 0.435. The van der Waals surface area contributed by atoms with Gasteiger partial charge in [0.15, 0.2) is 0 Å². The topological polar surface area (TPSA) is 32.3 Å². The number of nitrogens with one attached hydrogen (secondary N) is 1. The number of piperidine rings is 1. The normalized spacial score (nSPS) is 19.9. The Labute approximate surface area is 120 Å². The van der Waals surface area contributed by atoms with E-state index in [2.05, 4.69) is 5.32 Å². The molecule has 1 saturated heterocycles. The summed E-state index contributed by atoms with van der Waals surface area (Å²) >= 11 is 1.92. The second-order valence-corrected chi connectivity index (χ2v) is 5.67. The van der Waals surface area contributed by atoms with Gasteiger partial charge in [0.25, 0.3) is 5.91 Å². The summed E-state index contributed by atoms with van der Waals surface area (Å²) in [5, 5.41) is 3.19. The van der Waals surface area contributed by atoms with E-state index in [4.69, 9.17) is 0 Å². The van der Waals surface area contributed by atoms with Crippen molar-refractivity contribution >= 4 is 28.5 Å². The van der Waals surface area contributed by atoms with Crippen LogP contribution < -0.4 is 5.32 Å². The maximum Gasteiger partial charge on any atom is 0.254 e. The lowest BCUT2D eigenvalue weighted by atomic mass is 10.0. The van der Waals surface area contributed by atoms with E-state index < -0.39 is 0 Å². The first-order valence-corrected chi connectivity index (χ1v) is 7.11. The van der Waals surface area contributed by atoms with Gasteiger partial charge in [-0.3, -0.25) is 4.79 Å². The Morgan fingerprint density at radius 2 is 2.33 bits per heavy atom. The molecule has 0 radical (unpaired) electrons. The zero-order valence-corrected chi connectivity index (χ0v) is 12.4. The molecule has 98 valence electrons. The van der Waals surface area contributed by atoms with Crippen molar-refractivity contribution < 1.29 is 9.18 Å². The molecule has 18 heavy (non-hydrogen) atoms. The van der Waals surface area contributed by atoms with Crippen LogP contribution in [0.25, 0.3) is 0 Å². The Kier molecular flexibility index (Phi) is 4.55. The van der Waals surface area contributed by atoms with E-state index in [0.29, 0.717) is 21.7 Å². The summed E-state index contributed by atoms with van der Waals surface area (Å²) in [6.45, 7) is 1.45. The summed E-state index contributed by atoms with van der Waals surface area (Å²) in [7, 11) is 1.91. The van der Waals surface area contributed by atoms with Gasteiger partial charge in [-0.2, -0.15) is 0 Å². The number of hydrogen-bond acceptors (Lipinski definition) is 2. The van der Waals surface area contributed by atoms with Crippen molar-refractivity contribution in [1.82, 2.24) is 10.2 Å². The minimum Gasteiger partial charge on any atom is -0.337 e. The summed E-state index contributed by atoms with van der Waals surface area (Å²) in [6.07, 6.45) is 2.07. The molecule has 1 aliphatic heterocycles. The van der Waals surface area contributed by atoms with Crippen LogP contribution >= 0.6 is 22.6 Å². The third-order valence-electron chi connectivity index (χ3n) is 3.28. The van der Waals surface area contributed by atoms with Crippen LogP contribution in [0.4, 0.5) is 4.39 Å². The molecule has 1 fully saturated rings. The van der Waals surface area contributed by atoms with Gasteiger partial charge >= 0.3 is 0 Å². The molecular weight excluding hydrogens is 346 g/mol. The largest absolute Gasteiger partial charge is 0.337 e. The Hall–Kier alpha value is -0.690. The lowest BCUT2D eigenvalue weighted by molar-refractivity contribution is 0.0697. The molecule has 3 nitrogen and oxygen atoms in total. The van der Waals surface area contributed by atoms with E-state index in [9.17, 15) is 9.18 Å². The van der Waals surface area contributed by atoms with Crippen LogP contribution in [0.1, 0.15) is 23.2 Å². The predicted molar refractivity (Wildman–Crippen MR) is 77.1 cm³/mol. The zero-order valence-electron chi connectivity index (χ0n) is 10.2. The Balaban J connectivity index is 2.12. The predicted octanol–water partition coefficient (Wildman–Crippen LogP) is 2.25. The lowest BCUT2D eigenvalue weighted by Crippen LogP contribution is -2.46. The molecule has 0 saturated carbocycles. The maximum atomic E-state index is 13.5. The van der Waals surface area contributed by atoms with Crippen LogP contribution in [-0.2, 0) is 0 Å². The van der Waals surface area contributed by atoms with Crippen molar-refractivity contribution in [3.8, 4) is 0 Å². The van der Waals surface area contributed by atoms with E-state index in [1.807, 2.05) is 29.6 Å². The van der Waals surface area contributed by atoms with Crippen LogP contribution in [-0.4, -0.2) is 37.0 Å². The highest BCUT2D eigenvalue weighted by Crippen LogP contribution is 2.17. The van der Waals surface area contributed by atoms with Gasteiger partial charge in [0, 0.05) is 28.3 Å². The van der Waals surface area contributed by atoms with Crippen molar-refractivity contribution in [1.29, 1.82) is 0 Å². The number of likely N-dealkylation sites (tertiary alicyclic amines) is 1. The zero-order chi connectivity index (χ0) is 13.1. The average Bonchev–Trinajstić information content (AvgIpc) is 2.41. The first-order valence-electron chi connectivity index (χ1n) is 6.03. The smallest absolute Gasteiger partial charge is 0.254 e. The molecule has 1 aromatic carbocycles. The van der Waals surface area contributed by atoms with Crippen LogP contribution in [0.3, 0.4) is 0 Å². The van der Waals surface area contributed by atoms with Crippen molar-refractivity contribution in [2.75, 3.05) is 20.1 Å². The molecule has 1 amide bonds. The summed E-state index contributed by atoms with van der Waals surface area (Å²) in [4.78, 5) is 14.1. The molecule has 1 heterocycles. The second-order valence-electron chi connectivity index (χ2n) is 4.51. The molecule has 0 aromatic heterocycles. The summed E-state index contributed by atoms with van der Waals surface area (Å²) < 4.78 is 14.0. The highest BCUT2D eigenvalue weighted by atomic mass is 127. The molecule has 0 bridgehead atoms. The number of nitrogens with zero attached hydrogens (tertiary/aromatic N) is 1. The van der Waals surface area contributed by atoms with E-state index in [1.54, 1.807) is 17.0 Å². The second kappa shape index (κ2) is 5.97. The molecular formula is C13H16FIN2O. The molecule has 1 atom stereocenters. The number of likely N-dealkylation sites (N-methyl/N-ethyl adjacent to an activating group) is 1. The third kappa shape index (κ3) is 3.00. The van der Waals surface area contributed by atoms with Gasteiger partial charge in [0.05, 0.1) is 0 Å². The monoisotopic (exact) mass is 362 g/mol. The third-order valence-corrected chi connectivity index (χ3v) is 4.16. The van der Waals surface area contributed by atoms with Crippen LogP contribution in [0.2, 0.25) is 0 Å². The van der Waals surface area contributed by atoms with E-state index >= 15 is 0 Å². The number of hydrogen-bond donors (Lipinski definition) is 1. The van der Waals surface area contributed by atoms with Gasteiger partial charge in [-0.1, -0.05) is 0 Å². The van der Waals surface area contributed by atoms with Gasteiger partial charge in [-0.25, -0.2) is 4.39 Å². The fraction of sp³-hybridized carbons (Fsp3) is 0.462. The fourth-order valence-corrected chi connectivity index (χ4v) is 2.54.